The van der Waals surface area contributed by atoms with Gasteiger partial charge in [-0.05, 0) is 49.7 Å². The molecule has 28 heavy (non-hydrogen) atoms. The summed E-state index contributed by atoms with van der Waals surface area (Å²) in [6.45, 7) is 4.06. The SMILES string of the molecule is Cc1cc(C)n([C@H](CNC(=O)C(=O)NCc2ccc(F)cc2)c2ccco2)n1. The van der Waals surface area contributed by atoms with E-state index in [1.165, 1.54) is 12.1 Å². The first kappa shape index (κ1) is 19.3. The van der Waals surface area contributed by atoms with E-state index in [9.17, 15) is 14.0 Å². The van der Waals surface area contributed by atoms with Crippen LogP contribution in [0, 0.1) is 19.7 Å². The van der Waals surface area contributed by atoms with Gasteiger partial charge in [0.15, 0.2) is 0 Å². The largest absolute Gasteiger partial charge is 0.467 e. The highest BCUT2D eigenvalue weighted by atomic mass is 19.1. The maximum atomic E-state index is 12.9. The number of nitrogens with one attached hydrogen (secondary N) is 2. The number of carbonyl (C=O) groups is 2. The molecule has 3 rings (SSSR count). The fraction of sp³-hybridized carbons (Fsp3) is 0.250. The lowest BCUT2D eigenvalue weighted by atomic mass is 10.2. The standard InChI is InChI=1S/C20H21FN4O3/c1-13-10-14(2)25(24-13)17(18-4-3-9-28-18)12-23-20(27)19(26)22-11-15-5-7-16(21)8-6-15/h3-10,17H,11-12H2,1-2H3,(H,22,26)(H,23,27)/t17-/m1/s1. The normalized spacial score (nSPS) is 11.8. The number of hydrogen-bond acceptors (Lipinski definition) is 4. The first-order valence-electron chi connectivity index (χ1n) is 8.80. The first-order valence-corrected chi connectivity index (χ1v) is 8.80. The third-order valence-corrected chi connectivity index (χ3v) is 4.24. The van der Waals surface area contributed by atoms with Crippen LogP contribution in [0.15, 0.2) is 53.1 Å². The Bertz CT molecular complexity index is 949. The maximum Gasteiger partial charge on any atom is 0.309 e. The second-order valence-electron chi connectivity index (χ2n) is 6.42. The summed E-state index contributed by atoms with van der Waals surface area (Å²) in [6, 6.07) is 10.8. The Balaban J connectivity index is 1.61. The molecule has 2 N–H and O–H groups in total. The van der Waals surface area contributed by atoms with Crippen LogP contribution in [0.5, 0.6) is 0 Å². The van der Waals surface area contributed by atoms with E-state index in [1.807, 2.05) is 19.9 Å². The fourth-order valence-electron chi connectivity index (χ4n) is 2.88. The zero-order chi connectivity index (χ0) is 20.1. The molecule has 2 aromatic heterocycles. The fourth-order valence-corrected chi connectivity index (χ4v) is 2.88. The second-order valence-corrected chi connectivity index (χ2v) is 6.42. The molecule has 0 unspecified atom stereocenters. The summed E-state index contributed by atoms with van der Waals surface area (Å²) in [5.41, 5.74) is 2.45. The van der Waals surface area contributed by atoms with Crippen molar-refractivity contribution >= 4 is 11.8 Å². The van der Waals surface area contributed by atoms with Gasteiger partial charge < -0.3 is 15.1 Å². The quantitative estimate of drug-likeness (QED) is 0.638. The van der Waals surface area contributed by atoms with E-state index in [4.69, 9.17) is 4.42 Å². The summed E-state index contributed by atoms with van der Waals surface area (Å²) >= 11 is 0. The molecule has 0 aliphatic rings. The molecule has 3 aromatic rings. The lowest BCUT2D eigenvalue weighted by Gasteiger charge is -2.18. The number of hydrogen-bond donors (Lipinski definition) is 2. The third-order valence-electron chi connectivity index (χ3n) is 4.24. The molecule has 0 saturated heterocycles. The van der Waals surface area contributed by atoms with Crippen LogP contribution in [0.25, 0.3) is 0 Å². The molecule has 1 atom stereocenters. The number of nitrogens with zero attached hydrogens (tertiary/aromatic N) is 2. The van der Waals surface area contributed by atoms with Crippen LogP contribution in [0.1, 0.15) is 28.8 Å². The minimum atomic E-state index is -0.768. The van der Waals surface area contributed by atoms with E-state index < -0.39 is 11.8 Å². The van der Waals surface area contributed by atoms with E-state index in [2.05, 4.69) is 15.7 Å². The van der Waals surface area contributed by atoms with Crippen LogP contribution in [0.2, 0.25) is 0 Å². The molecule has 0 bridgehead atoms. The van der Waals surface area contributed by atoms with E-state index in [0.717, 1.165) is 11.4 Å². The molecular formula is C20H21FN4O3. The summed E-state index contributed by atoms with van der Waals surface area (Å²) in [5.74, 6) is -1.27. The van der Waals surface area contributed by atoms with E-state index in [0.29, 0.717) is 11.3 Å². The van der Waals surface area contributed by atoms with Crippen LogP contribution >= 0.6 is 0 Å². The lowest BCUT2D eigenvalue weighted by molar-refractivity contribution is -0.139. The van der Waals surface area contributed by atoms with Gasteiger partial charge >= 0.3 is 11.8 Å². The number of halogens is 1. The van der Waals surface area contributed by atoms with E-state index in [1.54, 1.807) is 35.2 Å². The Morgan fingerprint density at radius 3 is 2.46 bits per heavy atom. The zero-order valence-corrected chi connectivity index (χ0v) is 15.6. The molecule has 146 valence electrons. The summed E-state index contributed by atoms with van der Waals surface area (Å²) in [6.07, 6.45) is 1.55. The predicted octanol–water partition coefficient (Wildman–Crippen LogP) is 2.25. The van der Waals surface area contributed by atoms with E-state index >= 15 is 0 Å². The highest BCUT2D eigenvalue weighted by Crippen LogP contribution is 2.20. The van der Waals surface area contributed by atoms with Gasteiger partial charge in [0.05, 0.1) is 12.0 Å². The molecule has 0 aliphatic heterocycles. The van der Waals surface area contributed by atoms with Crippen molar-refractivity contribution in [2.24, 2.45) is 0 Å². The average molecular weight is 384 g/mol. The highest BCUT2D eigenvalue weighted by Gasteiger charge is 2.22. The summed E-state index contributed by atoms with van der Waals surface area (Å²) < 4.78 is 20.1. The summed E-state index contributed by atoms with van der Waals surface area (Å²) in [7, 11) is 0. The van der Waals surface area contributed by atoms with Gasteiger partial charge in [-0.3, -0.25) is 14.3 Å². The molecule has 0 saturated carbocycles. The van der Waals surface area contributed by atoms with Crippen molar-refractivity contribution in [3.05, 3.63) is 77.3 Å². The summed E-state index contributed by atoms with van der Waals surface area (Å²) in [4.78, 5) is 24.2. The van der Waals surface area contributed by atoms with Gasteiger partial charge in [0.1, 0.15) is 17.6 Å². The summed E-state index contributed by atoms with van der Waals surface area (Å²) in [5, 5.41) is 9.58. The van der Waals surface area contributed by atoms with Gasteiger partial charge in [-0.25, -0.2) is 4.39 Å². The zero-order valence-electron chi connectivity index (χ0n) is 15.6. The molecule has 2 amide bonds. The smallest absolute Gasteiger partial charge is 0.309 e. The number of rotatable bonds is 6. The minimum Gasteiger partial charge on any atom is -0.467 e. The molecular weight excluding hydrogens is 363 g/mol. The monoisotopic (exact) mass is 384 g/mol. The second kappa shape index (κ2) is 8.51. The number of benzene rings is 1. The van der Waals surface area contributed by atoms with Gasteiger partial charge in [0.25, 0.3) is 0 Å². The third kappa shape index (κ3) is 4.64. The lowest BCUT2D eigenvalue weighted by Crippen LogP contribution is -2.42. The van der Waals surface area contributed by atoms with Crippen molar-refractivity contribution in [3.8, 4) is 0 Å². The van der Waals surface area contributed by atoms with Gasteiger partial charge in [0.2, 0.25) is 0 Å². The average Bonchev–Trinajstić information content (AvgIpc) is 3.31. The number of furan rings is 1. The van der Waals surface area contributed by atoms with Gasteiger partial charge in [0, 0.05) is 18.8 Å². The van der Waals surface area contributed by atoms with Crippen LogP contribution in [-0.2, 0) is 16.1 Å². The Kier molecular flexibility index (Phi) is 5.88. The molecule has 8 heteroatoms. The Labute approximate surface area is 161 Å². The maximum absolute atomic E-state index is 12.9. The predicted molar refractivity (Wildman–Crippen MR) is 99.8 cm³/mol. The van der Waals surface area contributed by atoms with Crippen LogP contribution < -0.4 is 10.6 Å². The first-order chi connectivity index (χ1) is 13.4. The molecule has 7 nitrogen and oxygen atoms in total. The van der Waals surface area contributed by atoms with Crippen molar-refractivity contribution in [2.45, 2.75) is 26.4 Å². The van der Waals surface area contributed by atoms with Crippen molar-refractivity contribution in [1.29, 1.82) is 0 Å². The van der Waals surface area contributed by atoms with Crippen LogP contribution in [0.3, 0.4) is 0 Å². The van der Waals surface area contributed by atoms with Gasteiger partial charge in [-0.2, -0.15) is 5.10 Å². The topological polar surface area (TPSA) is 89.2 Å². The molecule has 0 spiro atoms. The molecule has 2 heterocycles. The Hall–Kier alpha value is -3.42. The molecule has 0 fully saturated rings. The van der Waals surface area contributed by atoms with E-state index in [-0.39, 0.29) is 24.9 Å². The minimum absolute atomic E-state index is 0.131. The Morgan fingerprint density at radius 2 is 1.86 bits per heavy atom. The number of amides is 2. The van der Waals surface area contributed by atoms with Gasteiger partial charge in [-0.15, -0.1) is 0 Å². The van der Waals surface area contributed by atoms with Crippen molar-refractivity contribution in [3.63, 3.8) is 0 Å². The van der Waals surface area contributed by atoms with Crippen molar-refractivity contribution in [1.82, 2.24) is 20.4 Å². The van der Waals surface area contributed by atoms with Gasteiger partial charge in [-0.1, -0.05) is 12.1 Å². The van der Waals surface area contributed by atoms with Crippen molar-refractivity contribution < 1.29 is 18.4 Å². The molecule has 1 aromatic carbocycles. The highest BCUT2D eigenvalue weighted by molar-refractivity contribution is 6.35. The number of aryl methyl sites for hydroxylation is 2. The number of aromatic nitrogens is 2. The number of carbonyl (C=O) groups excluding carboxylic acids is 2. The van der Waals surface area contributed by atoms with Crippen molar-refractivity contribution in [2.75, 3.05) is 6.54 Å². The van der Waals surface area contributed by atoms with Crippen LogP contribution in [0.4, 0.5) is 4.39 Å². The Morgan fingerprint density at radius 1 is 1.14 bits per heavy atom. The van der Waals surface area contributed by atoms with Crippen LogP contribution in [-0.4, -0.2) is 28.1 Å². The molecule has 0 aliphatic carbocycles. The molecule has 0 radical (unpaired) electrons.